The molecule has 2 rings (SSSR count). The molecule has 0 fully saturated rings. The number of hydrogen-bond donors (Lipinski definition) is 1. The Morgan fingerprint density at radius 3 is 2.08 bits per heavy atom. The molecule has 0 radical (unpaired) electrons. The lowest BCUT2D eigenvalue weighted by molar-refractivity contribution is -0.155. The Kier molecular flexibility index (Phi) is 13.8. The molecule has 0 unspecified atom stereocenters. The number of ether oxygens (including phenoxy) is 4. The van der Waals surface area contributed by atoms with Gasteiger partial charge in [0.15, 0.2) is 5.75 Å². The molecular formula is C32H44ClNO6. The van der Waals surface area contributed by atoms with Gasteiger partial charge in [0.05, 0.1) is 17.2 Å². The first-order valence-corrected chi connectivity index (χ1v) is 14.4. The van der Waals surface area contributed by atoms with Gasteiger partial charge in [-0.15, -0.1) is 0 Å². The van der Waals surface area contributed by atoms with Crippen LogP contribution in [0.4, 0.5) is 0 Å². The number of halogens is 1. The Morgan fingerprint density at radius 1 is 0.850 bits per heavy atom. The number of nitrogens with zero attached hydrogens (tertiary/aromatic N) is 1. The minimum Gasteiger partial charge on any atom is -0.508 e. The maximum absolute atomic E-state index is 11.6. The van der Waals surface area contributed by atoms with Crippen LogP contribution in [-0.2, 0) is 24.4 Å². The lowest BCUT2D eigenvalue weighted by atomic mass is 9.77. The van der Waals surface area contributed by atoms with E-state index in [2.05, 4.69) is 19.9 Å². The fourth-order valence-corrected chi connectivity index (χ4v) is 4.34. The van der Waals surface area contributed by atoms with Gasteiger partial charge in [-0.25, -0.2) is 0 Å². The third-order valence-electron chi connectivity index (χ3n) is 6.32. The first kappa shape index (κ1) is 33.4. The fraction of sp³-hybridized carbons (Fsp3) is 0.562. The lowest BCUT2D eigenvalue weighted by Crippen LogP contribution is -2.23. The van der Waals surface area contributed by atoms with Gasteiger partial charge < -0.3 is 24.1 Å². The second-order valence-corrected chi connectivity index (χ2v) is 11.7. The second kappa shape index (κ2) is 16.5. The van der Waals surface area contributed by atoms with Gasteiger partial charge in [0, 0.05) is 38.3 Å². The van der Waals surface area contributed by atoms with E-state index in [1.54, 1.807) is 12.1 Å². The third kappa shape index (κ3) is 11.8. The molecule has 0 bridgehead atoms. The van der Waals surface area contributed by atoms with Crippen molar-refractivity contribution in [1.29, 1.82) is 5.26 Å². The van der Waals surface area contributed by atoms with Gasteiger partial charge in [0.1, 0.15) is 17.4 Å². The summed E-state index contributed by atoms with van der Waals surface area (Å²) in [5, 5.41) is 19.8. The Bertz CT molecular complexity index is 1100. The molecule has 0 heterocycles. The van der Waals surface area contributed by atoms with Crippen LogP contribution < -0.4 is 4.74 Å². The Labute approximate surface area is 244 Å². The number of carbonyl (C=O) groups is 1. The zero-order valence-corrected chi connectivity index (χ0v) is 25.3. The molecule has 1 N–H and O–H groups in total. The maximum Gasteiger partial charge on any atom is 0.306 e. The van der Waals surface area contributed by atoms with Crippen LogP contribution in [0.3, 0.4) is 0 Å². The van der Waals surface area contributed by atoms with Crippen molar-refractivity contribution in [2.45, 2.75) is 84.2 Å². The van der Waals surface area contributed by atoms with E-state index in [-0.39, 0.29) is 11.7 Å². The highest BCUT2D eigenvalue weighted by Gasteiger charge is 2.26. The number of phenols is 1. The van der Waals surface area contributed by atoms with E-state index in [0.717, 1.165) is 36.8 Å². The van der Waals surface area contributed by atoms with Gasteiger partial charge in [-0.3, -0.25) is 4.79 Å². The number of aromatic hydroxyl groups is 1. The smallest absolute Gasteiger partial charge is 0.306 e. The molecule has 0 aliphatic carbocycles. The summed E-state index contributed by atoms with van der Waals surface area (Å²) in [6.45, 7) is 12.6. The standard InChI is InChI=1S/C32H44ClNO6/c1-31(2,3)40-29(36)11-9-17-38-19-10-18-37-16-7-6-8-20-39-30-24(23-34)21-26(22-28(30)33)32(4,5)25-12-14-27(35)15-13-25/h12-15,21-22,35H,6-11,16-20H2,1-5H3. The summed E-state index contributed by atoms with van der Waals surface area (Å²) in [5.74, 6) is 0.430. The van der Waals surface area contributed by atoms with Crippen molar-refractivity contribution in [2.75, 3.05) is 33.0 Å². The van der Waals surface area contributed by atoms with Gasteiger partial charge in [-0.1, -0.05) is 37.6 Å². The Balaban J connectivity index is 1.61. The molecule has 40 heavy (non-hydrogen) atoms. The van der Waals surface area contributed by atoms with Gasteiger partial charge in [0.25, 0.3) is 0 Å². The molecule has 0 saturated heterocycles. The molecular weight excluding hydrogens is 530 g/mol. The summed E-state index contributed by atoms with van der Waals surface area (Å²) >= 11 is 6.55. The number of benzene rings is 2. The molecule has 8 heteroatoms. The van der Waals surface area contributed by atoms with Crippen LogP contribution in [-0.4, -0.2) is 49.7 Å². The van der Waals surface area contributed by atoms with Crippen LogP contribution in [0.15, 0.2) is 36.4 Å². The highest BCUT2D eigenvalue weighted by molar-refractivity contribution is 6.32. The number of unbranched alkanes of at least 4 members (excludes halogenated alkanes) is 2. The molecule has 2 aromatic carbocycles. The lowest BCUT2D eigenvalue weighted by Gasteiger charge is -2.27. The number of carbonyl (C=O) groups excluding carboxylic acids is 1. The van der Waals surface area contributed by atoms with Crippen LogP contribution in [0.5, 0.6) is 11.5 Å². The van der Waals surface area contributed by atoms with Crippen LogP contribution in [0.25, 0.3) is 0 Å². The van der Waals surface area contributed by atoms with Crippen molar-refractivity contribution >= 4 is 17.6 Å². The van der Waals surface area contributed by atoms with Crippen molar-refractivity contribution in [2.24, 2.45) is 0 Å². The molecule has 0 atom stereocenters. The van der Waals surface area contributed by atoms with E-state index in [9.17, 15) is 15.2 Å². The van der Waals surface area contributed by atoms with Gasteiger partial charge in [-0.05, 0) is 88.3 Å². The number of nitriles is 1. The molecule has 2 aromatic rings. The maximum atomic E-state index is 11.6. The number of phenolic OH excluding ortho intramolecular Hbond substituents is 1. The van der Waals surface area contributed by atoms with Crippen molar-refractivity contribution in [3.63, 3.8) is 0 Å². The second-order valence-electron chi connectivity index (χ2n) is 11.3. The summed E-state index contributed by atoms with van der Waals surface area (Å²) in [4.78, 5) is 11.6. The summed E-state index contributed by atoms with van der Waals surface area (Å²) < 4.78 is 22.4. The average molecular weight is 574 g/mol. The van der Waals surface area contributed by atoms with E-state index >= 15 is 0 Å². The fourth-order valence-electron chi connectivity index (χ4n) is 4.06. The third-order valence-corrected chi connectivity index (χ3v) is 6.60. The topological polar surface area (TPSA) is 98.0 Å². The zero-order chi connectivity index (χ0) is 29.6. The first-order chi connectivity index (χ1) is 18.9. The van der Waals surface area contributed by atoms with Crippen LogP contribution in [0.1, 0.15) is 89.8 Å². The van der Waals surface area contributed by atoms with E-state index in [4.69, 9.17) is 30.5 Å². The number of esters is 1. The van der Waals surface area contributed by atoms with Crippen LogP contribution in [0.2, 0.25) is 5.02 Å². The van der Waals surface area contributed by atoms with Crippen molar-refractivity contribution < 1.29 is 28.8 Å². The summed E-state index contributed by atoms with van der Waals surface area (Å²) in [7, 11) is 0. The Hall–Kier alpha value is -2.79. The zero-order valence-electron chi connectivity index (χ0n) is 24.6. The largest absolute Gasteiger partial charge is 0.508 e. The average Bonchev–Trinajstić information content (AvgIpc) is 2.88. The highest BCUT2D eigenvalue weighted by Crippen LogP contribution is 2.38. The van der Waals surface area contributed by atoms with Crippen LogP contribution >= 0.6 is 11.6 Å². The molecule has 7 nitrogen and oxygen atoms in total. The van der Waals surface area contributed by atoms with E-state index in [1.807, 2.05) is 45.0 Å². The molecule has 0 saturated carbocycles. The van der Waals surface area contributed by atoms with E-state index < -0.39 is 11.0 Å². The van der Waals surface area contributed by atoms with E-state index in [0.29, 0.717) is 62.2 Å². The molecule has 0 aromatic heterocycles. The van der Waals surface area contributed by atoms with Crippen molar-refractivity contribution in [1.82, 2.24) is 0 Å². The normalized spacial score (nSPS) is 11.7. The molecule has 0 spiro atoms. The molecule has 0 amide bonds. The van der Waals surface area contributed by atoms with Crippen molar-refractivity contribution in [3.05, 3.63) is 58.1 Å². The number of hydrogen-bond acceptors (Lipinski definition) is 7. The monoisotopic (exact) mass is 573 g/mol. The van der Waals surface area contributed by atoms with Gasteiger partial charge in [0.2, 0.25) is 0 Å². The predicted octanol–water partition coefficient (Wildman–Crippen LogP) is 7.34. The number of rotatable bonds is 17. The highest BCUT2D eigenvalue weighted by atomic mass is 35.5. The van der Waals surface area contributed by atoms with Gasteiger partial charge >= 0.3 is 5.97 Å². The summed E-state index contributed by atoms with van der Waals surface area (Å²) in [6.07, 6.45) is 4.51. The minimum atomic E-state index is -0.447. The van der Waals surface area contributed by atoms with Crippen molar-refractivity contribution in [3.8, 4) is 17.6 Å². The molecule has 0 aliphatic rings. The summed E-state index contributed by atoms with van der Waals surface area (Å²) in [6, 6.07) is 12.9. The minimum absolute atomic E-state index is 0.192. The first-order valence-electron chi connectivity index (χ1n) is 14.0. The quantitative estimate of drug-likeness (QED) is 0.156. The van der Waals surface area contributed by atoms with E-state index in [1.165, 1.54) is 0 Å². The summed E-state index contributed by atoms with van der Waals surface area (Å²) in [5.41, 5.74) is 1.46. The van der Waals surface area contributed by atoms with Gasteiger partial charge in [-0.2, -0.15) is 5.26 Å². The Morgan fingerprint density at radius 2 is 1.45 bits per heavy atom. The SMILES string of the molecule is CC(C)(C)OC(=O)CCCOCCCOCCCCCOc1c(Cl)cc(C(C)(C)c2ccc(O)cc2)cc1C#N. The molecule has 220 valence electrons. The molecule has 0 aliphatic heterocycles. The predicted molar refractivity (Wildman–Crippen MR) is 157 cm³/mol. The van der Waals surface area contributed by atoms with Crippen LogP contribution in [0, 0.1) is 11.3 Å².